The van der Waals surface area contributed by atoms with Crippen molar-refractivity contribution in [2.45, 2.75) is 12.5 Å². The van der Waals surface area contributed by atoms with Gasteiger partial charge in [-0.1, -0.05) is 65.0 Å². The maximum atomic E-state index is 11.8. The average Bonchev–Trinajstić information content (AvgIpc) is 2.86. The number of benzene rings is 1. The highest BCUT2D eigenvalue weighted by Crippen LogP contribution is 2.28. The normalized spacial score (nSPS) is 17.2. The molecule has 1 heterocycles. The van der Waals surface area contributed by atoms with Crippen LogP contribution in [0.5, 0.6) is 0 Å². The third kappa shape index (κ3) is 3.47. The van der Waals surface area contributed by atoms with Crippen LogP contribution in [0, 0.1) is 0 Å². The molecule has 1 saturated heterocycles. The highest BCUT2D eigenvalue weighted by Gasteiger charge is 2.29. The third-order valence-electron chi connectivity index (χ3n) is 3.08. The predicted octanol–water partition coefficient (Wildman–Crippen LogP) is 4.03. The summed E-state index contributed by atoms with van der Waals surface area (Å²) in [6, 6.07) is 10.0. The zero-order valence-corrected chi connectivity index (χ0v) is 12.2. The molecule has 1 fully saturated rings. The smallest absolute Gasteiger partial charge is 0.410 e. The second-order valence-corrected chi connectivity index (χ2v) is 5.18. The molecular weight excluding hydrogens is 306 g/mol. The quantitative estimate of drug-likeness (QED) is 0.766. The first-order chi connectivity index (χ1) is 9.22. The fourth-order valence-corrected chi connectivity index (χ4v) is 2.30. The second-order valence-electron chi connectivity index (χ2n) is 4.26. The van der Waals surface area contributed by atoms with E-state index in [1.807, 2.05) is 36.4 Å². The number of halogens is 1. The molecule has 1 aromatic rings. The van der Waals surface area contributed by atoms with Gasteiger partial charge in [0.15, 0.2) is 0 Å². The molecule has 1 aromatic carbocycles. The lowest BCUT2D eigenvalue weighted by molar-refractivity contribution is 0.148. The summed E-state index contributed by atoms with van der Waals surface area (Å²) in [5, 5.41) is 0. The Morgan fingerprint density at radius 1 is 1.47 bits per heavy atom. The lowest BCUT2D eigenvalue weighted by Crippen LogP contribution is -2.29. The summed E-state index contributed by atoms with van der Waals surface area (Å²) in [7, 11) is 0. The van der Waals surface area contributed by atoms with Crippen LogP contribution in [0.3, 0.4) is 0 Å². The largest absolute Gasteiger partial charge is 0.448 e. The van der Waals surface area contributed by atoms with Gasteiger partial charge in [0.1, 0.15) is 6.61 Å². The van der Waals surface area contributed by atoms with Crippen LogP contribution in [0.25, 0.3) is 0 Å². The van der Waals surface area contributed by atoms with Crippen molar-refractivity contribution < 1.29 is 9.53 Å². The average molecular weight is 322 g/mol. The Kier molecular flexibility index (Phi) is 4.80. The Balaban J connectivity index is 2.23. The van der Waals surface area contributed by atoms with Gasteiger partial charge in [0, 0.05) is 4.48 Å². The van der Waals surface area contributed by atoms with Gasteiger partial charge >= 0.3 is 6.09 Å². The van der Waals surface area contributed by atoms with Gasteiger partial charge in [-0.05, 0) is 12.0 Å². The number of hydrogen-bond donors (Lipinski definition) is 0. The molecule has 1 aliphatic heterocycles. The topological polar surface area (TPSA) is 29.5 Å². The van der Waals surface area contributed by atoms with Crippen LogP contribution in [0.2, 0.25) is 0 Å². The summed E-state index contributed by atoms with van der Waals surface area (Å²) < 4.78 is 5.97. The number of carbonyl (C=O) groups is 1. The maximum Gasteiger partial charge on any atom is 0.410 e. The summed E-state index contributed by atoms with van der Waals surface area (Å²) in [5.74, 6) is 0. The molecule has 4 heteroatoms. The fraction of sp³-hybridized carbons (Fsp3) is 0.267. The zero-order valence-electron chi connectivity index (χ0n) is 10.6. The molecular formula is C15H16BrNO2. The lowest BCUT2D eigenvalue weighted by Gasteiger charge is -2.25. The Labute approximate surface area is 121 Å². The molecule has 0 aromatic heterocycles. The molecule has 19 heavy (non-hydrogen) atoms. The number of nitrogens with zero attached hydrogens (tertiary/aromatic N) is 1. The standard InChI is InChI=1S/C15H16BrNO2/c1-2-13(16)8-9-14(12-6-4-3-5-7-12)17-10-11-19-15(17)18/h2-8,14H,1,9-11H2/b13-8-. The Morgan fingerprint density at radius 2 is 2.21 bits per heavy atom. The molecule has 0 spiro atoms. The zero-order chi connectivity index (χ0) is 13.7. The molecule has 100 valence electrons. The molecule has 1 atom stereocenters. The molecule has 0 saturated carbocycles. The third-order valence-corrected chi connectivity index (χ3v) is 3.73. The van der Waals surface area contributed by atoms with Crippen molar-refractivity contribution in [3.05, 3.63) is 59.1 Å². The van der Waals surface area contributed by atoms with Crippen molar-refractivity contribution in [1.29, 1.82) is 0 Å². The van der Waals surface area contributed by atoms with E-state index < -0.39 is 0 Å². The van der Waals surface area contributed by atoms with Gasteiger partial charge < -0.3 is 4.74 Å². The first-order valence-electron chi connectivity index (χ1n) is 6.19. The van der Waals surface area contributed by atoms with E-state index in [0.717, 1.165) is 16.5 Å². The van der Waals surface area contributed by atoms with E-state index in [9.17, 15) is 4.79 Å². The molecule has 0 N–H and O–H groups in total. The molecule has 1 aliphatic rings. The first-order valence-corrected chi connectivity index (χ1v) is 6.98. The van der Waals surface area contributed by atoms with Crippen molar-refractivity contribution in [3.8, 4) is 0 Å². The summed E-state index contributed by atoms with van der Waals surface area (Å²) in [5.41, 5.74) is 1.11. The number of carbonyl (C=O) groups excluding carboxylic acids is 1. The predicted molar refractivity (Wildman–Crippen MR) is 79.1 cm³/mol. The molecule has 3 nitrogen and oxygen atoms in total. The summed E-state index contributed by atoms with van der Waals surface area (Å²) in [6.45, 7) is 4.81. The molecule has 1 unspecified atom stereocenters. The van der Waals surface area contributed by atoms with Crippen molar-refractivity contribution in [2.75, 3.05) is 13.2 Å². The minimum atomic E-state index is -0.239. The number of ether oxygens (including phenoxy) is 1. The van der Waals surface area contributed by atoms with E-state index in [-0.39, 0.29) is 12.1 Å². The van der Waals surface area contributed by atoms with Crippen LogP contribution in [-0.2, 0) is 4.74 Å². The molecule has 0 radical (unpaired) electrons. The maximum absolute atomic E-state index is 11.8. The van der Waals surface area contributed by atoms with Crippen LogP contribution in [-0.4, -0.2) is 24.1 Å². The van der Waals surface area contributed by atoms with Crippen molar-refractivity contribution >= 4 is 22.0 Å². The van der Waals surface area contributed by atoms with Crippen LogP contribution >= 0.6 is 15.9 Å². The van der Waals surface area contributed by atoms with Crippen LogP contribution in [0.4, 0.5) is 4.79 Å². The number of cyclic esters (lactones) is 1. The van der Waals surface area contributed by atoms with E-state index >= 15 is 0 Å². The van der Waals surface area contributed by atoms with E-state index in [1.54, 1.807) is 11.0 Å². The highest BCUT2D eigenvalue weighted by molar-refractivity contribution is 9.11. The van der Waals surface area contributed by atoms with Crippen molar-refractivity contribution in [2.24, 2.45) is 0 Å². The number of hydrogen-bond acceptors (Lipinski definition) is 2. The number of allylic oxidation sites excluding steroid dienone is 2. The Hall–Kier alpha value is -1.55. The van der Waals surface area contributed by atoms with Crippen molar-refractivity contribution in [3.63, 3.8) is 0 Å². The molecule has 2 rings (SSSR count). The fourth-order valence-electron chi connectivity index (χ4n) is 2.11. The Bertz CT molecular complexity index is 484. The van der Waals surface area contributed by atoms with E-state index in [4.69, 9.17) is 4.74 Å². The van der Waals surface area contributed by atoms with Gasteiger partial charge in [0.05, 0.1) is 12.6 Å². The summed E-state index contributed by atoms with van der Waals surface area (Å²) >= 11 is 3.41. The molecule has 0 aliphatic carbocycles. The van der Waals surface area contributed by atoms with Gasteiger partial charge in [0.25, 0.3) is 0 Å². The lowest BCUT2D eigenvalue weighted by atomic mass is 10.0. The van der Waals surface area contributed by atoms with E-state index in [1.165, 1.54) is 0 Å². The summed E-state index contributed by atoms with van der Waals surface area (Å²) in [4.78, 5) is 13.5. The van der Waals surface area contributed by atoms with Crippen LogP contribution in [0.15, 0.2) is 53.5 Å². The van der Waals surface area contributed by atoms with Gasteiger partial charge in [-0.3, -0.25) is 4.90 Å². The van der Waals surface area contributed by atoms with Crippen molar-refractivity contribution in [1.82, 2.24) is 4.90 Å². The monoisotopic (exact) mass is 321 g/mol. The minimum absolute atomic E-state index is 0.00343. The minimum Gasteiger partial charge on any atom is -0.448 e. The number of rotatable bonds is 5. The number of amides is 1. The second kappa shape index (κ2) is 6.57. The SMILES string of the molecule is C=C/C(Br)=C/CC(c1ccccc1)N1CCOC1=O. The van der Waals surface area contributed by atoms with Gasteiger partial charge in [-0.2, -0.15) is 0 Å². The molecule has 1 amide bonds. The van der Waals surface area contributed by atoms with Gasteiger partial charge in [-0.15, -0.1) is 0 Å². The molecule has 0 bridgehead atoms. The van der Waals surface area contributed by atoms with Crippen LogP contribution < -0.4 is 0 Å². The van der Waals surface area contributed by atoms with Gasteiger partial charge in [-0.25, -0.2) is 4.79 Å². The van der Waals surface area contributed by atoms with E-state index in [0.29, 0.717) is 13.2 Å². The summed E-state index contributed by atoms with van der Waals surface area (Å²) in [6.07, 6.45) is 4.25. The Morgan fingerprint density at radius 3 is 2.79 bits per heavy atom. The van der Waals surface area contributed by atoms with Crippen LogP contribution in [0.1, 0.15) is 18.0 Å². The van der Waals surface area contributed by atoms with E-state index in [2.05, 4.69) is 22.5 Å². The van der Waals surface area contributed by atoms with Gasteiger partial charge in [0.2, 0.25) is 0 Å². The highest BCUT2D eigenvalue weighted by atomic mass is 79.9. The first kappa shape index (κ1) is 13.9.